The molecule has 172 valence electrons. The highest BCUT2D eigenvalue weighted by atomic mass is 35.5. The van der Waals surface area contributed by atoms with Crippen molar-refractivity contribution in [2.45, 2.75) is 37.6 Å². The van der Waals surface area contributed by atoms with E-state index in [0.717, 1.165) is 5.56 Å². The summed E-state index contributed by atoms with van der Waals surface area (Å²) >= 11 is 11.9. The van der Waals surface area contributed by atoms with Crippen LogP contribution in [0.1, 0.15) is 25.3 Å². The average Bonchev–Trinajstić information content (AvgIpc) is 2.73. The van der Waals surface area contributed by atoms with Gasteiger partial charge in [-0.3, -0.25) is 9.59 Å². The van der Waals surface area contributed by atoms with Gasteiger partial charge in [-0.15, -0.1) is 0 Å². The van der Waals surface area contributed by atoms with E-state index in [4.69, 9.17) is 23.2 Å². The number of benzene rings is 2. The van der Waals surface area contributed by atoms with Crippen molar-refractivity contribution in [1.29, 1.82) is 0 Å². The minimum Gasteiger partial charge on any atom is -0.344 e. The number of aryl methyl sites for hydroxylation is 1. The minimum absolute atomic E-state index is 0.246. The Morgan fingerprint density at radius 2 is 1.59 bits per heavy atom. The van der Waals surface area contributed by atoms with Gasteiger partial charge in [-0.1, -0.05) is 40.9 Å². The predicted octanol–water partition coefficient (Wildman–Crippen LogP) is 3.85. The quantitative estimate of drug-likeness (QED) is 0.633. The molecule has 2 N–H and O–H groups in total. The lowest BCUT2D eigenvalue weighted by Gasteiger charge is -2.31. The molecule has 1 unspecified atom stereocenters. The van der Waals surface area contributed by atoms with E-state index in [1.54, 1.807) is 49.4 Å². The average molecular weight is 498 g/mol. The van der Waals surface area contributed by atoms with Crippen LogP contribution in [0.5, 0.6) is 0 Å². The van der Waals surface area contributed by atoms with Crippen LogP contribution in [0, 0.1) is 12.8 Å². The van der Waals surface area contributed by atoms with Gasteiger partial charge in [0.05, 0.1) is 4.90 Å². The zero-order valence-corrected chi connectivity index (χ0v) is 20.1. The summed E-state index contributed by atoms with van der Waals surface area (Å²) in [6.07, 6.45) is 0.768. The first-order valence-corrected chi connectivity index (χ1v) is 12.4. The van der Waals surface area contributed by atoms with Crippen LogP contribution >= 0.6 is 23.2 Å². The fraction of sp³-hybridized carbons (Fsp3) is 0.364. The molecule has 0 saturated carbocycles. The van der Waals surface area contributed by atoms with Crippen LogP contribution in [-0.2, 0) is 19.6 Å². The maximum absolute atomic E-state index is 12.8. The maximum Gasteiger partial charge on any atom is 0.246 e. The Morgan fingerprint density at radius 3 is 2.16 bits per heavy atom. The Kier molecular flexibility index (Phi) is 7.82. The van der Waals surface area contributed by atoms with E-state index in [1.807, 2.05) is 6.92 Å². The monoisotopic (exact) mass is 497 g/mol. The van der Waals surface area contributed by atoms with Crippen molar-refractivity contribution >= 4 is 50.7 Å². The summed E-state index contributed by atoms with van der Waals surface area (Å²) in [5, 5.41) is 6.15. The number of piperidine rings is 1. The second kappa shape index (κ2) is 10.2. The van der Waals surface area contributed by atoms with E-state index < -0.39 is 22.0 Å². The molecular weight excluding hydrogens is 473 g/mol. The van der Waals surface area contributed by atoms with E-state index in [0.29, 0.717) is 28.6 Å². The summed E-state index contributed by atoms with van der Waals surface area (Å²) in [7, 11) is -3.59. The number of hydrogen-bond acceptors (Lipinski definition) is 4. The van der Waals surface area contributed by atoms with Gasteiger partial charge in [0.2, 0.25) is 21.8 Å². The van der Waals surface area contributed by atoms with Crippen molar-refractivity contribution in [3.05, 3.63) is 58.1 Å². The first-order valence-electron chi connectivity index (χ1n) is 10.2. The van der Waals surface area contributed by atoms with Crippen molar-refractivity contribution in [3.63, 3.8) is 0 Å². The summed E-state index contributed by atoms with van der Waals surface area (Å²) in [6, 6.07) is 10.6. The van der Waals surface area contributed by atoms with Crippen molar-refractivity contribution in [3.8, 4) is 0 Å². The van der Waals surface area contributed by atoms with Gasteiger partial charge in [0.1, 0.15) is 6.04 Å². The van der Waals surface area contributed by atoms with Crippen LogP contribution in [-0.4, -0.2) is 43.7 Å². The third kappa shape index (κ3) is 6.01. The third-order valence-electron chi connectivity index (χ3n) is 5.37. The van der Waals surface area contributed by atoms with Gasteiger partial charge in [0, 0.05) is 34.7 Å². The Morgan fingerprint density at radius 1 is 1.03 bits per heavy atom. The van der Waals surface area contributed by atoms with Gasteiger partial charge < -0.3 is 10.6 Å². The summed E-state index contributed by atoms with van der Waals surface area (Å²) < 4.78 is 27.0. The van der Waals surface area contributed by atoms with Crippen LogP contribution < -0.4 is 10.6 Å². The number of halogens is 2. The molecule has 0 spiro atoms. The zero-order valence-electron chi connectivity index (χ0n) is 17.8. The first kappa shape index (κ1) is 24.5. The Balaban J connectivity index is 1.53. The van der Waals surface area contributed by atoms with E-state index in [1.165, 1.54) is 4.31 Å². The Labute approximate surface area is 198 Å². The fourth-order valence-electron chi connectivity index (χ4n) is 3.49. The number of carbonyl (C=O) groups excluding carboxylic acids is 2. The molecule has 0 aliphatic carbocycles. The van der Waals surface area contributed by atoms with Gasteiger partial charge >= 0.3 is 0 Å². The van der Waals surface area contributed by atoms with Gasteiger partial charge in [0.25, 0.3) is 0 Å². The number of hydrogen-bond donors (Lipinski definition) is 2. The standard InChI is InChI=1S/C22H25Cl2N3O4S/c1-14-3-5-20(6-4-14)32(30,31)27-9-7-16(8-10-27)22(29)25-15(2)21(28)26-19-12-17(23)11-18(24)13-19/h3-6,11-13,15-16H,7-10H2,1-2H3,(H,25,29)(H,26,28). The molecule has 1 aliphatic heterocycles. The van der Waals surface area contributed by atoms with E-state index >= 15 is 0 Å². The Bertz CT molecular complexity index is 1080. The molecule has 3 rings (SSSR count). The van der Waals surface area contributed by atoms with Gasteiger partial charge in [-0.2, -0.15) is 4.31 Å². The summed E-state index contributed by atoms with van der Waals surface area (Å²) in [5.41, 5.74) is 1.42. The maximum atomic E-state index is 12.8. The second-order valence-corrected chi connectivity index (χ2v) is 10.7. The van der Waals surface area contributed by atoms with E-state index in [-0.39, 0.29) is 29.8 Å². The molecule has 2 aromatic rings. The van der Waals surface area contributed by atoms with Crippen LogP contribution in [0.3, 0.4) is 0 Å². The normalized spacial score (nSPS) is 16.4. The van der Waals surface area contributed by atoms with Gasteiger partial charge in [-0.05, 0) is 57.0 Å². The highest BCUT2D eigenvalue weighted by Gasteiger charge is 2.32. The fourth-order valence-corrected chi connectivity index (χ4v) is 5.49. The van der Waals surface area contributed by atoms with Crippen LogP contribution in [0.15, 0.2) is 47.4 Å². The number of sulfonamides is 1. The Hall–Kier alpha value is -2.13. The lowest BCUT2D eigenvalue weighted by Crippen LogP contribution is -2.47. The van der Waals surface area contributed by atoms with Crippen LogP contribution in [0.2, 0.25) is 10.0 Å². The largest absolute Gasteiger partial charge is 0.344 e. The minimum atomic E-state index is -3.59. The number of anilines is 1. The number of amides is 2. The first-order chi connectivity index (χ1) is 15.1. The molecule has 1 heterocycles. The smallest absolute Gasteiger partial charge is 0.246 e. The van der Waals surface area contributed by atoms with Gasteiger partial charge in [-0.25, -0.2) is 8.42 Å². The summed E-state index contributed by atoms with van der Waals surface area (Å²) in [4.78, 5) is 25.3. The topological polar surface area (TPSA) is 95.6 Å². The molecule has 1 saturated heterocycles. The van der Waals surface area contributed by atoms with Crippen molar-refractivity contribution in [2.75, 3.05) is 18.4 Å². The molecule has 0 bridgehead atoms. The third-order valence-corrected chi connectivity index (χ3v) is 7.71. The van der Waals surface area contributed by atoms with Crippen molar-refractivity contribution in [2.24, 2.45) is 5.92 Å². The van der Waals surface area contributed by atoms with Crippen LogP contribution in [0.4, 0.5) is 5.69 Å². The van der Waals surface area contributed by atoms with Crippen molar-refractivity contribution < 1.29 is 18.0 Å². The summed E-state index contributed by atoms with van der Waals surface area (Å²) in [5.74, 6) is -1.05. The molecule has 10 heteroatoms. The number of nitrogens with zero attached hydrogens (tertiary/aromatic N) is 1. The number of nitrogens with one attached hydrogen (secondary N) is 2. The predicted molar refractivity (Wildman–Crippen MR) is 125 cm³/mol. The second-order valence-electron chi connectivity index (χ2n) is 7.87. The highest BCUT2D eigenvalue weighted by molar-refractivity contribution is 7.89. The highest BCUT2D eigenvalue weighted by Crippen LogP contribution is 2.25. The molecule has 0 aromatic heterocycles. The molecule has 2 aromatic carbocycles. The summed E-state index contributed by atoms with van der Waals surface area (Å²) in [6.45, 7) is 3.97. The van der Waals surface area contributed by atoms with Gasteiger partial charge in [0.15, 0.2) is 0 Å². The number of rotatable bonds is 6. The lowest BCUT2D eigenvalue weighted by molar-refractivity contribution is -0.129. The van der Waals surface area contributed by atoms with Crippen molar-refractivity contribution in [1.82, 2.24) is 9.62 Å². The molecule has 0 radical (unpaired) electrons. The van der Waals surface area contributed by atoms with Crippen LogP contribution in [0.25, 0.3) is 0 Å². The van der Waals surface area contributed by atoms with E-state index in [2.05, 4.69) is 10.6 Å². The zero-order chi connectivity index (χ0) is 23.5. The molecule has 32 heavy (non-hydrogen) atoms. The molecule has 2 amide bonds. The molecule has 1 atom stereocenters. The molecular formula is C22H25Cl2N3O4S. The SMILES string of the molecule is Cc1ccc(S(=O)(=O)N2CCC(C(=O)NC(C)C(=O)Nc3cc(Cl)cc(Cl)c3)CC2)cc1. The molecule has 7 nitrogen and oxygen atoms in total. The lowest BCUT2D eigenvalue weighted by atomic mass is 9.97. The molecule has 1 aliphatic rings. The molecule has 1 fully saturated rings. The van der Waals surface area contributed by atoms with E-state index in [9.17, 15) is 18.0 Å². The number of carbonyl (C=O) groups is 2.